The zero-order valence-electron chi connectivity index (χ0n) is 21.4. The number of nitrogens with zero attached hydrogens (tertiary/aromatic N) is 4. The highest BCUT2D eigenvalue weighted by Crippen LogP contribution is 2.41. The molecule has 11 heteroatoms. The minimum Gasteiger partial charge on any atom is -0.385 e. The molecule has 2 aliphatic heterocycles. The maximum atomic E-state index is 14.1. The lowest BCUT2D eigenvalue weighted by Crippen LogP contribution is -2.61. The summed E-state index contributed by atoms with van der Waals surface area (Å²) in [5.41, 5.74) is 0.402. The van der Waals surface area contributed by atoms with Crippen LogP contribution in [-0.2, 0) is 16.8 Å². The third-order valence-electron chi connectivity index (χ3n) is 7.26. The van der Waals surface area contributed by atoms with Gasteiger partial charge in [0.05, 0.1) is 23.3 Å². The van der Waals surface area contributed by atoms with Gasteiger partial charge < -0.3 is 19.9 Å². The van der Waals surface area contributed by atoms with Crippen LogP contribution in [0.3, 0.4) is 0 Å². The number of carbonyl (C=O) groups excluding carboxylic acids is 2. The van der Waals surface area contributed by atoms with Gasteiger partial charge in [0, 0.05) is 57.1 Å². The summed E-state index contributed by atoms with van der Waals surface area (Å²) in [7, 11) is 1.70. The molecule has 1 saturated heterocycles. The van der Waals surface area contributed by atoms with Gasteiger partial charge in [-0.3, -0.25) is 14.8 Å². The number of piperazine rings is 1. The van der Waals surface area contributed by atoms with Crippen LogP contribution in [0.4, 0.5) is 19.4 Å². The van der Waals surface area contributed by atoms with E-state index in [4.69, 9.17) is 4.74 Å². The fraction of sp³-hybridized carbons (Fsp3) is 0.560. The van der Waals surface area contributed by atoms with E-state index in [0.717, 1.165) is 31.6 Å². The molecule has 2 N–H and O–H groups in total. The molecule has 2 aliphatic rings. The van der Waals surface area contributed by atoms with E-state index in [9.17, 15) is 18.4 Å². The normalized spacial score (nSPS) is 21.5. The number of aromatic amines is 1. The summed E-state index contributed by atoms with van der Waals surface area (Å²) in [6, 6.07) is 2.94. The summed E-state index contributed by atoms with van der Waals surface area (Å²) < 4.78 is 32.5. The molecule has 0 radical (unpaired) electrons. The predicted molar refractivity (Wildman–Crippen MR) is 131 cm³/mol. The first kappa shape index (κ1) is 26.0. The van der Waals surface area contributed by atoms with Crippen LogP contribution in [0.5, 0.6) is 0 Å². The van der Waals surface area contributed by atoms with Crippen molar-refractivity contribution in [1.82, 2.24) is 24.9 Å². The van der Waals surface area contributed by atoms with Crippen molar-refractivity contribution >= 4 is 17.8 Å². The summed E-state index contributed by atoms with van der Waals surface area (Å²) in [5, 5.41) is 9.76. The fourth-order valence-corrected chi connectivity index (χ4v) is 5.12. The Balaban J connectivity index is 1.48. The van der Waals surface area contributed by atoms with Crippen molar-refractivity contribution in [2.75, 3.05) is 38.7 Å². The van der Waals surface area contributed by atoms with Crippen molar-refractivity contribution in [3.05, 3.63) is 46.7 Å². The number of ether oxygens (including phenoxy) is 1. The van der Waals surface area contributed by atoms with Gasteiger partial charge in [-0.15, -0.1) is 0 Å². The van der Waals surface area contributed by atoms with Gasteiger partial charge in [-0.05, 0) is 46.2 Å². The summed E-state index contributed by atoms with van der Waals surface area (Å²) in [5.74, 6) is -2.23. The van der Waals surface area contributed by atoms with E-state index < -0.39 is 23.1 Å². The summed E-state index contributed by atoms with van der Waals surface area (Å²) >= 11 is 0. The molecule has 1 aromatic carbocycles. The highest BCUT2D eigenvalue weighted by molar-refractivity contribution is 6.04. The maximum Gasteiger partial charge on any atom is 0.321 e. The number of hydrogen-bond donors (Lipinski definition) is 2. The molecular weight excluding hydrogens is 470 g/mol. The van der Waals surface area contributed by atoms with Crippen LogP contribution < -0.4 is 5.32 Å². The van der Waals surface area contributed by atoms with Crippen molar-refractivity contribution < 1.29 is 23.1 Å². The average molecular weight is 505 g/mol. The number of halogens is 2. The second kappa shape index (κ2) is 10.1. The minimum absolute atomic E-state index is 0.0322. The Kier molecular flexibility index (Phi) is 7.33. The van der Waals surface area contributed by atoms with E-state index in [1.807, 2.05) is 18.7 Å². The van der Waals surface area contributed by atoms with Crippen molar-refractivity contribution in [2.45, 2.75) is 58.3 Å². The molecule has 2 atom stereocenters. The van der Waals surface area contributed by atoms with Crippen molar-refractivity contribution in [2.24, 2.45) is 0 Å². The second-order valence-corrected chi connectivity index (χ2v) is 10.1. The van der Waals surface area contributed by atoms with Gasteiger partial charge >= 0.3 is 6.03 Å². The number of nitrogens with one attached hydrogen (secondary N) is 2. The number of methoxy groups -OCH3 is 1. The van der Waals surface area contributed by atoms with E-state index >= 15 is 0 Å². The lowest BCUT2D eigenvalue weighted by atomic mass is 10.0. The molecule has 9 nitrogen and oxygen atoms in total. The topological polar surface area (TPSA) is 93.8 Å². The molecule has 0 aliphatic carbocycles. The maximum absolute atomic E-state index is 14.1. The standard InChI is InChI=1S/C25H34F2N6O3/c1-15-13-32(16(2)12-31(15)9-6-10-36-5)24(35)33-14-19-21(25(33,3)4)29-30-22(19)28-23(34)18-8-7-17(26)11-20(18)27/h7-8,11,15-16H,6,9-10,12-14H2,1-5H3,(H2,28,29,30,34)/t15-,16+/m1/s1. The predicted octanol–water partition coefficient (Wildman–Crippen LogP) is 3.54. The van der Waals surface area contributed by atoms with E-state index in [-0.39, 0.29) is 36.0 Å². The quantitative estimate of drug-likeness (QED) is 0.587. The number of hydrogen-bond acceptors (Lipinski definition) is 5. The van der Waals surface area contributed by atoms with Crippen molar-refractivity contribution in [3.63, 3.8) is 0 Å². The number of anilines is 1. The summed E-state index contributed by atoms with van der Waals surface area (Å²) in [4.78, 5) is 32.5. The number of H-pyrrole nitrogens is 1. The molecule has 196 valence electrons. The largest absolute Gasteiger partial charge is 0.385 e. The number of urea groups is 1. The zero-order chi connectivity index (χ0) is 26.2. The summed E-state index contributed by atoms with van der Waals surface area (Å²) in [6.07, 6.45) is 0.943. The highest BCUT2D eigenvalue weighted by atomic mass is 19.1. The fourth-order valence-electron chi connectivity index (χ4n) is 5.12. The Morgan fingerprint density at radius 2 is 1.97 bits per heavy atom. The lowest BCUT2D eigenvalue weighted by molar-refractivity contribution is 0.0315. The van der Waals surface area contributed by atoms with E-state index in [1.54, 1.807) is 12.0 Å². The van der Waals surface area contributed by atoms with Crippen LogP contribution in [0.25, 0.3) is 0 Å². The van der Waals surface area contributed by atoms with Gasteiger partial charge in [0.2, 0.25) is 0 Å². The molecule has 36 heavy (non-hydrogen) atoms. The third kappa shape index (κ3) is 4.81. The number of benzene rings is 1. The molecule has 0 saturated carbocycles. The number of fused-ring (bicyclic) bond motifs is 1. The molecule has 0 bridgehead atoms. The Bertz CT molecular complexity index is 1140. The zero-order valence-corrected chi connectivity index (χ0v) is 21.4. The van der Waals surface area contributed by atoms with E-state index in [2.05, 4.69) is 34.3 Å². The number of aromatic nitrogens is 2. The molecule has 0 unspecified atom stereocenters. The van der Waals surface area contributed by atoms with Crippen LogP contribution >= 0.6 is 0 Å². The van der Waals surface area contributed by atoms with Crippen molar-refractivity contribution in [3.8, 4) is 0 Å². The summed E-state index contributed by atoms with van der Waals surface area (Å²) in [6.45, 7) is 11.3. The minimum atomic E-state index is -0.957. The molecule has 2 aromatic rings. The Hall–Kier alpha value is -3.05. The van der Waals surface area contributed by atoms with Crippen LogP contribution in [-0.4, -0.2) is 82.3 Å². The molecule has 1 fully saturated rings. The van der Waals surface area contributed by atoms with Gasteiger partial charge in [0.15, 0.2) is 5.82 Å². The first-order valence-corrected chi connectivity index (χ1v) is 12.2. The molecule has 1 aromatic heterocycles. The Labute approximate surface area is 209 Å². The molecule has 3 heterocycles. The van der Waals surface area contributed by atoms with Crippen LogP contribution in [0, 0.1) is 11.6 Å². The van der Waals surface area contributed by atoms with Crippen LogP contribution in [0.2, 0.25) is 0 Å². The lowest BCUT2D eigenvalue weighted by Gasteiger charge is -2.46. The molecule has 3 amide bonds. The van der Waals surface area contributed by atoms with E-state index in [0.29, 0.717) is 30.5 Å². The molecule has 4 rings (SSSR count). The first-order chi connectivity index (χ1) is 17.0. The second-order valence-electron chi connectivity index (χ2n) is 10.1. The smallest absolute Gasteiger partial charge is 0.321 e. The van der Waals surface area contributed by atoms with Crippen LogP contribution in [0.1, 0.15) is 55.7 Å². The first-order valence-electron chi connectivity index (χ1n) is 12.2. The molecule has 0 spiro atoms. The molecular formula is C25H34F2N6O3. The van der Waals surface area contributed by atoms with Gasteiger partial charge in [-0.25, -0.2) is 13.6 Å². The monoisotopic (exact) mass is 504 g/mol. The number of amides is 3. The van der Waals surface area contributed by atoms with E-state index in [1.165, 1.54) is 0 Å². The van der Waals surface area contributed by atoms with Crippen LogP contribution in [0.15, 0.2) is 18.2 Å². The number of carbonyl (C=O) groups is 2. The van der Waals surface area contributed by atoms with Gasteiger partial charge in [-0.1, -0.05) is 0 Å². The highest BCUT2D eigenvalue weighted by Gasteiger charge is 2.46. The third-order valence-corrected chi connectivity index (χ3v) is 7.26. The number of rotatable bonds is 6. The average Bonchev–Trinajstić information content (AvgIpc) is 3.33. The van der Waals surface area contributed by atoms with Gasteiger partial charge in [0.25, 0.3) is 5.91 Å². The van der Waals surface area contributed by atoms with Gasteiger partial charge in [-0.2, -0.15) is 5.10 Å². The van der Waals surface area contributed by atoms with Crippen molar-refractivity contribution in [1.29, 1.82) is 0 Å². The SMILES string of the molecule is COCCCN1C[C@H](C)N(C(=O)N2Cc3c(NC(=O)c4ccc(F)cc4F)n[nH]c3C2(C)C)C[C@H]1C. The Morgan fingerprint density at radius 1 is 1.22 bits per heavy atom. The Morgan fingerprint density at radius 3 is 2.67 bits per heavy atom. The van der Waals surface area contributed by atoms with Gasteiger partial charge in [0.1, 0.15) is 11.6 Å².